The van der Waals surface area contributed by atoms with Gasteiger partial charge in [0.1, 0.15) is 0 Å². The molecule has 1 fully saturated rings. The van der Waals surface area contributed by atoms with Crippen LogP contribution in [0.2, 0.25) is 0 Å². The molecule has 0 aromatic heterocycles. The summed E-state index contributed by atoms with van der Waals surface area (Å²) in [5.74, 6) is 2.65. The van der Waals surface area contributed by atoms with Crippen molar-refractivity contribution >= 4 is 0 Å². The number of allylic oxidation sites excluding steroid dienone is 1. The van der Waals surface area contributed by atoms with Gasteiger partial charge < -0.3 is 5.73 Å². The Bertz CT molecular complexity index is 185. The highest BCUT2D eigenvalue weighted by Gasteiger charge is 2.24. The molecule has 2 unspecified atom stereocenters. The van der Waals surface area contributed by atoms with Gasteiger partial charge in [-0.1, -0.05) is 25.5 Å². The summed E-state index contributed by atoms with van der Waals surface area (Å²) in [7, 11) is 0. The fourth-order valence-electron chi connectivity index (χ4n) is 2.80. The van der Waals surface area contributed by atoms with Crippen LogP contribution in [0.3, 0.4) is 0 Å². The highest BCUT2D eigenvalue weighted by atomic mass is 14.5. The number of hydrogen-bond donors (Lipinski definition) is 1. The van der Waals surface area contributed by atoms with Gasteiger partial charge in [-0.05, 0) is 56.9 Å². The highest BCUT2D eigenvalue weighted by molar-refractivity contribution is 5.05. The zero-order chi connectivity index (χ0) is 10.6. The van der Waals surface area contributed by atoms with Crippen LogP contribution in [0.5, 0.6) is 0 Å². The molecule has 14 heavy (non-hydrogen) atoms. The van der Waals surface area contributed by atoms with Crippen molar-refractivity contribution < 1.29 is 0 Å². The normalized spacial score (nSPS) is 34.6. The first-order chi connectivity index (χ1) is 6.63. The van der Waals surface area contributed by atoms with E-state index in [1.807, 2.05) is 0 Å². The monoisotopic (exact) mass is 195 g/mol. The van der Waals surface area contributed by atoms with E-state index in [0.717, 1.165) is 30.7 Å². The van der Waals surface area contributed by atoms with Crippen molar-refractivity contribution in [2.75, 3.05) is 6.54 Å². The second-order valence-corrected chi connectivity index (χ2v) is 5.14. The van der Waals surface area contributed by atoms with Crippen molar-refractivity contribution in [3.8, 4) is 0 Å². The topological polar surface area (TPSA) is 26.0 Å². The zero-order valence-electron chi connectivity index (χ0n) is 9.92. The molecule has 0 bridgehead atoms. The van der Waals surface area contributed by atoms with E-state index < -0.39 is 0 Å². The van der Waals surface area contributed by atoms with Crippen LogP contribution in [0.25, 0.3) is 0 Å². The molecular weight excluding hydrogens is 170 g/mol. The second-order valence-electron chi connectivity index (χ2n) is 5.14. The van der Waals surface area contributed by atoms with E-state index in [1.165, 1.54) is 19.3 Å². The van der Waals surface area contributed by atoms with Crippen LogP contribution in [0, 0.1) is 17.8 Å². The van der Waals surface area contributed by atoms with E-state index in [2.05, 4.69) is 26.8 Å². The molecular formula is C13H25N. The van der Waals surface area contributed by atoms with Crippen LogP contribution in [-0.2, 0) is 0 Å². The van der Waals surface area contributed by atoms with Crippen molar-refractivity contribution in [1.82, 2.24) is 0 Å². The van der Waals surface area contributed by atoms with Crippen LogP contribution >= 0.6 is 0 Å². The maximum Gasteiger partial charge on any atom is -0.00425 e. The Hall–Kier alpha value is -0.300. The molecule has 2 N–H and O–H groups in total. The van der Waals surface area contributed by atoms with E-state index in [9.17, 15) is 0 Å². The second kappa shape index (κ2) is 5.55. The van der Waals surface area contributed by atoms with Crippen molar-refractivity contribution in [3.05, 3.63) is 11.6 Å². The molecule has 1 nitrogen and oxygen atoms in total. The van der Waals surface area contributed by atoms with Gasteiger partial charge in [0.25, 0.3) is 0 Å². The first kappa shape index (κ1) is 11.8. The molecule has 0 aromatic rings. The van der Waals surface area contributed by atoms with Crippen molar-refractivity contribution in [1.29, 1.82) is 0 Å². The summed E-state index contributed by atoms with van der Waals surface area (Å²) >= 11 is 0. The van der Waals surface area contributed by atoms with E-state index >= 15 is 0 Å². The van der Waals surface area contributed by atoms with Gasteiger partial charge in [-0.15, -0.1) is 0 Å². The van der Waals surface area contributed by atoms with Gasteiger partial charge >= 0.3 is 0 Å². The maximum absolute atomic E-state index is 5.52. The average molecular weight is 195 g/mol. The first-order valence-corrected chi connectivity index (χ1v) is 6.00. The van der Waals surface area contributed by atoms with Crippen LogP contribution in [-0.4, -0.2) is 6.54 Å². The van der Waals surface area contributed by atoms with Gasteiger partial charge in [0.2, 0.25) is 0 Å². The summed E-state index contributed by atoms with van der Waals surface area (Å²) in [5.41, 5.74) is 7.09. The lowest BCUT2D eigenvalue weighted by molar-refractivity contribution is 0.243. The van der Waals surface area contributed by atoms with E-state index in [4.69, 9.17) is 5.73 Å². The minimum absolute atomic E-state index is 0.787. The molecule has 82 valence electrons. The van der Waals surface area contributed by atoms with Gasteiger partial charge in [-0.25, -0.2) is 0 Å². The van der Waals surface area contributed by atoms with E-state index in [1.54, 1.807) is 5.57 Å². The minimum Gasteiger partial charge on any atom is -0.330 e. The fourth-order valence-corrected chi connectivity index (χ4v) is 2.80. The zero-order valence-corrected chi connectivity index (χ0v) is 9.92. The summed E-state index contributed by atoms with van der Waals surface area (Å²) in [6.07, 6.45) is 7.58. The summed E-state index contributed by atoms with van der Waals surface area (Å²) in [6.45, 7) is 7.85. The van der Waals surface area contributed by atoms with Crippen LogP contribution in [0.4, 0.5) is 0 Å². The Morgan fingerprint density at radius 2 is 1.79 bits per heavy atom. The summed E-state index contributed by atoms with van der Waals surface area (Å²) in [4.78, 5) is 0. The van der Waals surface area contributed by atoms with E-state index in [-0.39, 0.29) is 0 Å². The van der Waals surface area contributed by atoms with Gasteiger partial charge in [-0.2, -0.15) is 0 Å². The predicted octanol–water partition coefficient (Wildman–Crippen LogP) is 3.35. The van der Waals surface area contributed by atoms with Gasteiger partial charge in [0.15, 0.2) is 0 Å². The number of hydrogen-bond acceptors (Lipinski definition) is 1. The molecule has 1 aliphatic carbocycles. The van der Waals surface area contributed by atoms with Crippen molar-refractivity contribution in [2.24, 2.45) is 23.5 Å². The smallest absolute Gasteiger partial charge is 0.00425 e. The lowest BCUT2D eigenvalue weighted by Crippen LogP contribution is -2.20. The molecule has 0 radical (unpaired) electrons. The van der Waals surface area contributed by atoms with Crippen LogP contribution in [0.1, 0.15) is 46.5 Å². The maximum atomic E-state index is 5.52. The number of rotatable bonds is 3. The Labute approximate surface area is 88.8 Å². The first-order valence-electron chi connectivity index (χ1n) is 6.00. The van der Waals surface area contributed by atoms with Gasteiger partial charge in [0, 0.05) is 0 Å². The molecule has 1 rings (SSSR count). The largest absolute Gasteiger partial charge is 0.330 e. The molecule has 1 aliphatic rings. The van der Waals surface area contributed by atoms with Gasteiger partial charge in [0.05, 0.1) is 0 Å². The molecule has 0 heterocycles. The molecule has 0 saturated heterocycles. The van der Waals surface area contributed by atoms with E-state index in [0.29, 0.717) is 0 Å². The molecule has 0 aromatic carbocycles. The standard InChI is InChI=1S/C13H25N/c1-10-7-11(2)9-13(8-10)12(3)5-4-6-14/h5,10-11,13H,4,6-9,14H2,1-3H3. The average Bonchev–Trinajstić information content (AvgIpc) is 2.12. The summed E-state index contributed by atoms with van der Waals surface area (Å²) in [6, 6.07) is 0. The summed E-state index contributed by atoms with van der Waals surface area (Å²) < 4.78 is 0. The molecule has 0 aliphatic heterocycles. The van der Waals surface area contributed by atoms with Gasteiger partial charge in [-0.3, -0.25) is 0 Å². The van der Waals surface area contributed by atoms with Crippen molar-refractivity contribution in [3.63, 3.8) is 0 Å². The molecule has 2 atom stereocenters. The lowest BCUT2D eigenvalue weighted by Gasteiger charge is -2.32. The third kappa shape index (κ3) is 3.45. The minimum atomic E-state index is 0.787. The predicted molar refractivity (Wildman–Crippen MR) is 63.1 cm³/mol. The third-order valence-corrected chi connectivity index (χ3v) is 3.46. The highest BCUT2D eigenvalue weighted by Crippen LogP contribution is 2.36. The Balaban J connectivity index is 2.50. The lowest BCUT2D eigenvalue weighted by atomic mass is 9.74. The molecule has 0 amide bonds. The summed E-state index contributed by atoms with van der Waals surface area (Å²) in [5, 5.41) is 0. The Kier molecular flexibility index (Phi) is 4.67. The molecule has 0 spiro atoms. The van der Waals surface area contributed by atoms with Crippen LogP contribution < -0.4 is 5.73 Å². The Morgan fingerprint density at radius 3 is 2.29 bits per heavy atom. The Morgan fingerprint density at radius 1 is 1.21 bits per heavy atom. The van der Waals surface area contributed by atoms with Crippen molar-refractivity contribution in [2.45, 2.75) is 46.5 Å². The fraction of sp³-hybridized carbons (Fsp3) is 0.846. The quantitative estimate of drug-likeness (QED) is 0.687. The van der Waals surface area contributed by atoms with Crippen LogP contribution in [0.15, 0.2) is 11.6 Å². The SMILES string of the molecule is CC(=CCCN)C1CC(C)CC(C)C1. The number of nitrogens with two attached hydrogens (primary N) is 1. The third-order valence-electron chi connectivity index (χ3n) is 3.46. The molecule has 1 saturated carbocycles. The molecule has 1 heteroatoms.